The van der Waals surface area contributed by atoms with Crippen molar-refractivity contribution in [1.29, 1.82) is 0 Å². The molecule has 82 valence electrons. The van der Waals surface area contributed by atoms with E-state index in [4.69, 9.17) is 4.74 Å². The third kappa shape index (κ3) is 1.74. The van der Waals surface area contributed by atoms with Crippen molar-refractivity contribution in [3.05, 3.63) is 40.1 Å². The van der Waals surface area contributed by atoms with E-state index in [1.165, 1.54) is 7.11 Å². The first-order valence-corrected chi connectivity index (χ1v) is 5.32. The first-order chi connectivity index (χ1) is 7.63. The molecule has 16 heavy (non-hydrogen) atoms. The molecule has 1 aliphatic rings. The number of rotatable bonds is 2. The van der Waals surface area contributed by atoms with Gasteiger partial charge in [-0.2, -0.15) is 0 Å². The van der Waals surface area contributed by atoms with Gasteiger partial charge >= 0.3 is 0 Å². The molecule has 1 heterocycles. The standard InChI is InChI=1S/C11H8BrNO3/c1-16-9-8(10(14)13-11(9)15)6-3-2-4-7(12)5-6/h2-5H,1H3,(H,13,14,15). The largest absolute Gasteiger partial charge is 0.490 e. The van der Waals surface area contributed by atoms with Gasteiger partial charge in [0.15, 0.2) is 5.76 Å². The number of nitrogens with one attached hydrogen (secondary N) is 1. The molecule has 5 heteroatoms. The summed E-state index contributed by atoms with van der Waals surface area (Å²) in [6.07, 6.45) is 0. The van der Waals surface area contributed by atoms with Crippen molar-refractivity contribution >= 4 is 33.3 Å². The maximum absolute atomic E-state index is 11.6. The van der Waals surface area contributed by atoms with Crippen molar-refractivity contribution in [3.63, 3.8) is 0 Å². The van der Waals surface area contributed by atoms with Crippen LogP contribution in [0.25, 0.3) is 5.57 Å². The molecule has 0 aliphatic carbocycles. The van der Waals surface area contributed by atoms with E-state index in [1.807, 2.05) is 6.07 Å². The number of amides is 2. The molecule has 2 amide bonds. The van der Waals surface area contributed by atoms with Gasteiger partial charge < -0.3 is 4.74 Å². The Kier molecular flexibility index (Phi) is 2.78. The fourth-order valence-corrected chi connectivity index (χ4v) is 1.94. The van der Waals surface area contributed by atoms with Gasteiger partial charge in [0.1, 0.15) is 0 Å². The van der Waals surface area contributed by atoms with Crippen LogP contribution in [0, 0.1) is 0 Å². The minimum Gasteiger partial charge on any atom is -0.490 e. The second kappa shape index (κ2) is 4.09. The third-order valence-corrected chi connectivity index (χ3v) is 2.70. The molecule has 4 nitrogen and oxygen atoms in total. The predicted octanol–water partition coefficient (Wildman–Crippen LogP) is 1.46. The summed E-state index contributed by atoms with van der Waals surface area (Å²) in [6.45, 7) is 0. The van der Waals surface area contributed by atoms with Crippen molar-refractivity contribution in [1.82, 2.24) is 5.32 Å². The summed E-state index contributed by atoms with van der Waals surface area (Å²) >= 11 is 3.31. The lowest BCUT2D eigenvalue weighted by Crippen LogP contribution is -2.23. The zero-order valence-electron chi connectivity index (χ0n) is 8.41. The van der Waals surface area contributed by atoms with Gasteiger partial charge in [0.25, 0.3) is 11.8 Å². The van der Waals surface area contributed by atoms with Crippen LogP contribution in [0.1, 0.15) is 5.56 Å². The molecule has 2 rings (SSSR count). The number of ether oxygens (including phenoxy) is 1. The summed E-state index contributed by atoms with van der Waals surface area (Å²) in [5, 5.41) is 2.19. The monoisotopic (exact) mass is 281 g/mol. The smallest absolute Gasteiger partial charge is 0.294 e. The van der Waals surface area contributed by atoms with Crippen molar-refractivity contribution in [3.8, 4) is 0 Å². The van der Waals surface area contributed by atoms with E-state index in [2.05, 4.69) is 21.2 Å². The third-order valence-electron chi connectivity index (χ3n) is 2.20. The Labute approximate surface area is 100 Å². The number of imide groups is 1. The summed E-state index contributed by atoms with van der Waals surface area (Å²) in [5.74, 6) is -0.870. The predicted molar refractivity (Wildman–Crippen MR) is 61.2 cm³/mol. The minimum absolute atomic E-state index is 0.0584. The number of carbonyl (C=O) groups is 2. The van der Waals surface area contributed by atoms with E-state index < -0.39 is 11.8 Å². The lowest BCUT2D eigenvalue weighted by Gasteiger charge is -2.02. The van der Waals surface area contributed by atoms with Crippen molar-refractivity contribution in [2.75, 3.05) is 7.11 Å². The van der Waals surface area contributed by atoms with E-state index in [0.29, 0.717) is 5.56 Å². The second-order valence-electron chi connectivity index (χ2n) is 3.20. The van der Waals surface area contributed by atoms with E-state index in [1.54, 1.807) is 18.2 Å². The number of carbonyl (C=O) groups excluding carboxylic acids is 2. The molecule has 1 N–H and O–H groups in total. The Morgan fingerprint density at radius 2 is 2.00 bits per heavy atom. The number of methoxy groups -OCH3 is 1. The molecule has 0 radical (unpaired) electrons. The molecular formula is C11H8BrNO3. The van der Waals surface area contributed by atoms with Gasteiger partial charge in [0.05, 0.1) is 12.7 Å². The van der Waals surface area contributed by atoms with E-state index in [0.717, 1.165) is 4.47 Å². The highest BCUT2D eigenvalue weighted by Crippen LogP contribution is 2.26. The van der Waals surface area contributed by atoms with E-state index >= 15 is 0 Å². The minimum atomic E-state index is -0.498. The van der Waals surface area contributed by atoms with Gasteiger partial charge in [0, 0.05) is 4.47 Å². The van der Waals surface area contributed by atoms with Crippen LogP contribution in [0.5, 0.6) is 0 Å². The molecule has 0 aromatic heterocycles. The molecule has 0 atom stereocenters. The molecule has 0 saturated carbocycles. The molecule has 1 aromatic rings. The lowest BCUT2D eigenvalue weighted by atomic mass is 10.1. The van der Waals surface area contributed by atoms with Gasteiger partial charge in [0.2, 0.25) is 0 Å². The molecule has 0 spiro atoms. The van der Waals surface area contributed by atoms with Crippen molar-refractivity contribution < 1.29 is 14.3 Å². The summed E-state index contributed by atoms with van der Waals surface area (Å²) in [7, 11) is 1.37. The van der Waals surface area contributed by atoms with Gasteiger partial charge in [-0.25, -0.2) is 0 Å². The van der Waals surface area contributed by atoms with Crippen LogP contribution < -0.4 is 5.32 Å². The van der Waals surface area contributed by atoms with Gasteiger partial charge in [-0.15, -0.1) is 0 Å². The molecule has 0 fully saturated rings. The molecular weight excluding hydrogens is 274 g/mol. The van der Waals surface area contributed by atoms with Crippen LogP contribution in [0.3, 0.4) is 0 Å². The van der Waals surface area contributed by atoms with E-state index in [9.17, 15) is 9.59 Å². The van der Waals surface area contributed by atoms with Crippen molar-refractivity contribution in [2.24, 2.45) is 0 Å². The summed E-state index contributed by atoms with van der Waals surface area (Å²) in [6, 6.07) is 7.13. The highest BCUT2D eigenvalue weighted by Gasteiger charge is 2.32. The zero-order valence-corrected chi connectivity index (χ0v) is 10.00. The number of benzene rings is 1. The van der Waals surface area contributed by atoms with Crippen LogP contribution >= 0.6 is 15.9 Å². The fraction of sp³-hybridized carbons (Fsp3) is 0.0909. The molecule has 1 aromatic carbocycles. The van der Waals surface area contributed by atoms with Crippen LogP contribution in [0.2, 0.25) is 0 Å². The average Bonchev–Trinajstić information content (AvgIpc) is 2.52. The van der Waals surface area contributed by atoms with Gasteiger partial charge in [-0.3, -0.25) is 14.9 Å². The van der Waals surface area contributed by atoms with Crippen LogP contribution in [-0.2, 0) is 14.3 Å². The Bertz CT molecular complexity index is 508. The molecule has 0 saturated heterocycles. The molecule has 0 unspecified atom stereocenters. The quantitative estimate of drug-likeness (QED) is 0.835. The number of hydrogen-bond donors (Lipinski definition) is 1. The normalized spacial score (nSPS) is 15.4. The Hall–Kier alpha value is -1.62. The highest BCUT2D eigenvalue weighted by atomic mass is 79.9. The SMILES string of the molecule is COC1=C(c2cccc(Br)c2)C(=O)NC1=O. The van der Waals surface area contributed by atoms with Gasteiger partial charge in [-0.05, 0) is 17.7 Å². The first-order valence-electron chi connectivity index (χ1n) is 4.53. The van der Waals surface area contributed by atoms with Crippen LogP contribution in [0.15, 0.2) is 34.5 Å². The Morgan fingerprint density at radius 3 is 2.62 bits per heavy atom. The van der Waals surface area contributed by atoms with Crippen LogP contribution in [-0.4, -0.2) is 18.9 Å². The van der Waals surface area contributed by atoms with Crippen molar-refractivity contribution in [2.45, 2.75) is 0 Å². The maximum Gasteiger partial charge on any atom is 0.294 e. The van der Waals surface area contributed by atoms with E-state index in [-0.39, 0.29) is 11.3 Å². The van der Waals surface area contributed by atoms with Gasteiger partial charge in [-0.1, -0.05) is 28.1 Å². The zero-order chi connectivity index (χ0) is 11.7. The first kappa shape index (κ1) is 10.9. The average molecular weight is 282 g/mol. The fourth-order valence-electron chi connectivity index (χ4n) is 1.54. The molecule has 0 bridgehead atoms. The second-order valence-corrected chi connectivity index (χ2v) is 4.12. The number of halogens is 1. The Morgan fingerprint density at radius 1 is 1.25 bits per heavy atom. The highest BCUT2D eigenvalue weighted by molar-refractivity contribution is 9.10. The molecule has 1 aliphatic heterocycles. The summed E-state index contributed by atoms with van der Waals surface area (Å²) in [4.78, 5) is 22.9. The maximum atomic E-state index is 11.6. The topological polar surface area (TPSA) is 55.4 Å². The lowest BCUT2D eigenvalue weighted by molar-refractivity contribution is -0.124. The number of hydrogen-bond acceptors (Lipinski definition) is 3. The van der Waals surface area contributed by atoms with Crippen LogP contribution in [0.4, 0.5) is 0 Å². The Balaban J connectivity index is 2.57. The summed E-state index contributed by atoms with van der Waals surface area (Å²) < 4.78 is 5.77. The summed E-state index contributed by atoms with van der Waals surface area (Å²) in [5.41, 5.74) is 0.920.